The average molecular weight is 485 g/mol. The van der Waals surface area contributed by atoms with E-state index in [4.69, 9.17) is 16.0 Å². The summed E-state index contributed by atoms with van der Waals surface area (Å²) in [4.78, 5) is 4.19. The molecule has 36 heavy (non-hydrogen) atoms. The van der Waals surface area contributed by atoms with E-state index in [0.29, 0.717) is 10.6 Å². The summed E-state index contributed by atoms with van der Waals surface area (Å²) in [6, 6.07) is 28.6. The smallest absolute Gasteiger partial charge is 0.155 e. The van der Waals surface area contributed by atoms with E-state index in [1.54, 1.807) is 12.4 Å². The van der Waals surface area contributed by atoms with Gasteiger partial charge in [-0.1, -0.05) is 67.9 Å². The van der Waals surface area contributed by atoms with Crippen LogP contribution in [0.3, 0.4) is 0 Å². The predicted molar refractivity (Wildman–Crippen MR) is 148 cm³/mol. The molecule has 4 heteroatoms. The molecule has 0 spiro atoms. The standard InChI is InChI=1S/C32H21ClN2O/c1-32(2)24-9-5-3-7-19(24)21-14-22-20-8-4-6-10-27(20)35(28(22)15-25(21)32)18-11-12-29-23(13-18)31-26(33)16-34-17-30(31)36-29/h3-17H,1-2H3. The molecule has 0 amide bonds. The van der Waals surface area contributed by atoms with Crippen LogP contribution in [0.4, 0.5) is 0 Å². The highest BCUT2D eigenvalue weighted by atomic mass is 35.5. The Hall–Kier alpha value is -4.08. The van der Waals surface area contributed by atoms with Crippen molar-refractivity contribution in [2.45, 2.75) is 19.3 Å². The second-order valence-electron chi connectivity index (χ2n) is 10.2. The highest BCUT2D eigenvalue weighted by molar-refractivity contribution is 6.37. The Kier molecular flexibility index (Phi) is 3.79. The number of pyridine rings is 1. The lowest BCUT2D eigenvalue weighted by molar-refractivity contribution is 0.661. The molecule has 172 valence electrons. The summed E-state index contributed by atoms with van der Waals surface area (Å²) in [5.41, 5.74) is 10.3. The Bertz CT molecular complexity index is 2040. The van der Waals surface area contributed by atoms with E-state index >= 15 is 0 Å². The van der Waals surface area contributed by atoms with Crippen molar-refractivity contribution < 1.29 is 4.42 Å². The van der Waals surface area contributed by atoms with E-state index < -0.39 is 0 Å². The zero-order valence-corrected chi connectivity index (χ0v) is 20.6. The molecule has 7 aromatic rings. The highest BCUT2D eigenvalue weighted by Crippen LogP contribution is 2.51. The molecule has 0 fully saturated rings. The van der Waals surface area contributed by atoms with Gasteiger partial charge in [-0.3, -0.25) is 4.98 Å². The van der Waals surface area contributed by atoms with Gasteiger partial charge in [0.25, 0.3) is 0 Å². The molecular formula is C32H21ClN2O. The van der Waals surface area contributed by atoms with Crippen molar-refractivity contribution in [2.24, 2.45) is 0 Å². The average Bonchev–Trinajstić information content (AvgIpc) is 3.50. The van der Waals surface area contributed by atoms with Crippen molar-refractivity contribution in [3.63, 3.8) is 0 Å². The van der Waals surface area contributed by atoms with Crippen LogP contribution in [0, 0.1) is 0 Å². The molecule has 0 atom stereocenters. The number of benzene rings is 4. The first-order valence-corrected chi connectivity index (χ1v) is 12.5. The van der Waals surface area contributed by atoms with Crippen molar-refractivity contribution in [1.82, 2.24) is 9.55 Å². The number of para-hydroxylation sites is 1. The summed E-state index contributed by atoms with van der Waals surface area (Å²) >= 11 is 6.55. The molecular weight excluding hydrogens is 464 g/mol. The van der Waals surface area contributed by atoms with E-state index in [1.807, 2.05) is 6.07 Å². The SMILES string of the molecule is CC1(C)c2ccccc2-c2cc3c4ccccc4n(-c4ccc5oc6cncc(Cl)c6c5c4)c3cc21. The third-order valence-electron chi connectivity index (χ3n) is 7.95. The van der Waals surface area contributed by atoms with Gasteiger partial charge in [0.2, 0.25) is 0 Å². The molecule has 0 bridgehead atoms. The van der Waals surface area contributed by atoms with Crippen LogP contribution >= 0.6 is 11.6 Å². The predicted octanol–water partition coefficient (Wildman–Crippen LogP) is 9.04. The van der Waals surface area contributed by atoms with Gasteiger partial charge < -0.3 is 8.98 Å². The van der Waals surface area contributed by atoms with Crippen molar-refractivity contribution in [3.8, 4) is 16.8 Å². The van der Waals surface area contributed by atoms with Crippen LogP contribution in [-0.2, 0) is 5.41 Å². The first kappa shape index (κ1) is 20.1. The summed E-state index contributed by atoms with van der Waals surface area (Å²) in [6.45, 7) is 4.66. The Morgan fingerprint density at radius 1 is 0.722 bits per heavy atom. The largest absolute Gasteiger partial charge is 0.454 e. The minimum Gasteiger partial charge on any atom is -0.454 e. The lowest BCUT2D eigenvalue weighted by atomic mass is 9.82. The maximum atomic E-state index is 6.55. The molecule has 0 unspecified atom stereocenters. The Morgan fingerprint density at radius 2 is 1.56 bits per heavy atom. The van der Waals surface area contributed by atoms with Gasteiger partial charge in [-0.15, -0.1) is 0 Å². The Morgan fingerprint density at radius 3 is 2.47 bits per heavy atom. The lowest BCUT2D eigenvalue weighted by Gasteiger charge is -2.21. The van der Waals surface area contributed by atoms with E-state index in [1.165, 1.54) is 44.1 Å². The molecule has 0 aliphatic heterocycles. The number of halogens is 1. The van der Waals surface area contributed by atoms with Crippen LogP contribution in [0.15, 0.2) is 95.7 Å². The molecule has 3 aromatic heterocycles. The van der Waals surface area contributed by atoms with Crippen LogP contribution in [-0.4, -0.2) is 9.55 Å². The number of aromatic nitrogens is 2. The van der Waals surface area contributed by atoms with Crippen molar-refractivity contribution in [1.29, 1.82) is 0 Å². The molecule has 8 rings (SSSR count). The van der Waals surface area contributed by atoms with Gasteiger partial charge in [0.15, 0.2) is 5.58 Å². The second-order valence-corrected chi connectivity index (χ2v) is 10.6. The third-order valence-corrected chi connectivity index (χ3v) is 8.24. The zero-order valence-electron chi connectivity index (χ0n) is 19.8. The topological polar surface area (TPSA) is 31.0 Å². The fraction of sp³-hybridized carbons (Fsp3) is 0.0938. The monoisotopic (exact) mass is 484 g/mol. The first-order valence-electron chi connectivity index (χ1n) is 12.2. The number of nitrogens with zero attached hydrogens (tertiary/aromatic N) is 2. The maximum absolute atomic E-state index is 6.55. The maximum Gasteiger partial charge on any atom is 0.155 e. The summed E-state index contributed by atoms with van der Waals surface area (Å²) in [6.07, 6.45) is 3.40. The minimum atomic E-state index is -0.0629. The van der Waals surface area contributed by atoms with Gasteiger partial charge >= 0.3 is 0 Å². The fourth-order valence-corrected chi connectivity index (χ4v) is 6.51. The van der Waals surface area contributed by atoms with E-state index in [9.17, 15) is 0 Å². The van der Waals surface area contributed by atoms with Crippen molar-refractivity contribution in [2.75, 3.05) is 0 Å². The summed E-state index contributed by atoms with van der Waals surface area (Å²) < 4.78 is 8.42. The van der Waals surface area contributed by atoms with Gasteiger partial charge in [-0.25, -0.2) is 0 Å². The summed E-state index contributed by atoms with van der Waals surface area (Å²) in [5, 5.41) is 5.01. The number of hydrogen-bond acceptors (Lipinski definition) is 2. The van der Waals surface area contributed by atoms with Crippen molar-refractivity contribution in [3.05, 3.63) is 107 Å². The number of rotatable bonds is 1. The van der Waals surface area contributed by atoms with E-state index in [0.717, 1.165) is 22.0 Å². The van der Waals surface area contributed by atoms with Gasteiger partial charge in [0, 0.05) is 33.5 Å². The van der Waals surface area contributed by atoms with Crippen molar-refractivity contribution >= 4 is 55.3 Å². The van der Waals surface area contributed by atoms with Crippen LogP contribution < -0.4 is 0 Å². The molecule has 0 saturated heterocycles. The quantitative estimate of drug-likeness (QED) is 0.232. The van der Waals surface area contributed by atoms with Crippen LogP contribution in [0.2, 0.25) is 5.02 Å². The van der Waals surface area contributed by atoms with Gasteiger partial charge in [-0.05, 0) is 58.7 Å². The van der Waals surface area contributed by atoms with Gasteiger partial charge in [0.1, 0.15) is 5.58 Å². The summed E-state index contributed by atoms with van der Waals surface area (Å²) in [5.74, 6) is 0. The molecule has 1 aliphatic carbocycles. The normalized spacial score (nSPS) is 14.2. The molecule has 1 aliphatic rings. The van der Waals surface area contributed by atoms with E-state index in [-0.39, 0.29) is 5.41 Å². The summed E-state index contributed by atoms with van der Waals surface area (Å²) in [7, 11) is 0. The molecule has 3 nitrogen and oxygen atoms in total. The second kappa shape index (κ2) is 6.77. The van der Waals surface area contributed by atoms with Crippen LogP contribution in [0.5, 0.6) is 0 Å². The van der Waals surface area contributed by atoms with Gasteiger partial charge in [-0.2, -0.15) is 0 Å². The van der Waals surface area contributed by atoms with Crippen LogP contribution in [0.1, 0.15) is 25.0 Å². The molecule has 0 saturated carbocycles. The molecule has 0 radical (unpaired) electrons. The highest BCUT2D eigenvalue weighted by Gasteiger charge is 2.36. The number of hydrogen-bond donors (Lipinski definition) is 0. The Labute approximate surface area is 212 Å². The molecule has 4 aromatic carbocycles. The van der Waals surface area contributed by atoms with Gasteiger partial charge in [0.05, 0.1) is 27.6 Å². The lowest BCUT2D eigenvalue weighted by Crippen LogP contribution is -2.14. The zero-order chi connectivity index (χ0) is 24.2. The Balaban J connectivity index is 1.49. The fourth-order valence-electron chi connectivity index (χ4n) is 6.26. The molecule has 0 N–H and O–H groups in total. The van der Waals surface area contributed by atoms with E-state index in [2.05, 4.69) is 96.2 Å². The third kappa shape index (κ3) is 2.46. The first-order chi connectivity index (χ1) is 17.5. The number of fused-ring (bicyclic) bond motifs is 9. The van der Waals surface area contributed by atoms with Crippen LogP contribution in [0.25, 0.3) is 60.6 Å². The number of furan rings is 1. The molecule has 3 heterocycles. The minimum absolute atomic E-state index is 0.0629.